The highest BCUT2D eigenvalue weighted by Gasteiger charge is 2.29. The maximum atomic E-state index is 12.6. The number of methoxy groups -OCH3 is 1. The molecule has 2 aromatic heterocycles. The summed E-state index contributed by atoms with van der Waals surface area (Å²) in [5, 5.41) is 3.22. The minimum absolute atomic E-state index is 0.0147. The number of carbonyl (C=O) groups excluding carboxylic acids is 1. The number of hydrogen-bond acceptors (Lipinski definition) is 6. The van der Waals surface area contributed by atoms with Crippen LogP contribution in [0.25, 0.3) is 0 Å². The Morgan fingerprint density at radius 3 is 2.96 bits per heavy atom. The van der Waals surface area contributed by atoms with Gasteiger partial charge in [-0.15, -0.1) is 0 Å². The highest BCUT2D eigenvalue weighted by atomic mass is 16.5. The molecule has 0 bridgehead atoms. The third kappa shape index (κ3) is 4.54. The van der Waals surface area contributed by atoms with Crippen LogP contribution in [0.5, 0.6) is 0 Å². The maximum absolute atomic E-state index is 12.6. The molecule has 7 heteroatoms. The van der Waals surface area contributed by atoms with Gasteiger partial charge in [-0.05, 0) is 38.3 Å². The Morgan fingerprint density at radius 1 is 1.31 bits per heavy atom. The second kappa shape index (κ2) is 8.71. The average Bonchev–Trinajstić information content (AvgIpc) is 2.66. The van der Waals surface area contributed by atoms with Crippen LogP contribution in [-0.2, 0) is 9.53 Å². The lowest BCUT2D eigenvalue weighted by atomic mass is 9.98. The number of aromatic nitrogens is 3. The zero-order chi connectivity index (χ0) is 18.4. The van der Waals surface area contributed by atoms with Gasteiger partial charge >= 0.3 is 0 Å². The first kappa shape index (κ1) is 18.3. The first-order valence-electron chi connectivity index (χ1n) is 8.99. The fourth-order valence-electron chi connectivity index (χ4n) is 3.26. The molecule has 1 amide bonds. The van der Waals surface area contributed by atoms with Crippen molar-refractivity contribution < 1.29 is 9.53 Å². The molecule has 2 aromatic rings. The van der Waals surface area contributed by atoms with Crippen molar-refractivity contribution in [2.24, 2.45) is 0 Å². The topological polar surface area (TPSA) is 80.2 Å². The lowest BCUT2D eigenvalue weighted by Crippen LogP contribution is -2.39. The van der Waals surface area contributed by atoms with Crippen LogP contribution in [-0.4, -0.2) is 46.0 Å². The normalized spacial score (nSPS) is 17.2. The summed E-state index contributed by atoms with van der Waals surface area (Å²) in [6.45, 7) is 3.07. The van der Waals surface area contributed by atoms with E-state index in [2.05, 4.69) is 20.3 Å². The summed E-state index contributed by atoms with van der Waals surface area (Å²) in [4.78, 5) is 27.9. The summed E-state index contributed by atoms with van der Waals surface area (Å²) in [7, 11) is 1.62. The number of aryl methyl sites for hydroxylation is 1. The first-order valence-corrected chi connectivity index (χ1v) is 8.99. The summed E-state index contributed by atoms with van der Waals surface area (Å²) in [5.74, 6) is 2.22. The molecular weight excluding hydrogens is 330 g/mol. The fraction of sp³-hybridized carbons (Fsp3) is 0.474. The van der Waals surface area contributed by atoms with Gasteiger partial charge in [0.1, 0.15) is 17.5 Å². The Kier molecular flexibility index (Phi) is 6.12. The van der Waals surface area contributed by atoms with Crippen molar-refractivity contribution in [3.63, 3.8) is 0 Å². The van der Waals surface area contributed by atoms with Crippen LogP contribution in [0.1, 0.15) is 43.2 Å². The van der Waals surface area contributed by atoms with Gasteiger partial charge in [0.15, 0.2) is 0 Å². The van der Waals surface area contributed by atoms with E-state index in [1.807, 2.05) is 36.1 Å². The third-order valence-electron chi connectivity index (χ3n) is 4.46. The highest BCUT2D eigenvalue weighted by Crippen LogP contribution is 2.31. The largest absolute Gasteiger partial charge is 0.384 e. The van der Waals surface area contributed by atoms with Crippen molar-refractivity contribution in [1.29, 1.82) is 0 Å². The van der Waals surface area contributed by atoms with Crippen LogP contribution >= 0.6 is 0 Å². The number of pyridine rings is 1. The van der Waals surface area contributed by atoms with Gasteiger partial charge in [0, 0.05) is 25.9 Å². The van der Waals surface area contributed by atoms with Gasteiger partial charge < -0.3 is 15.0 Å². The molecular formula is C19H25N5O2. The predicted octanol–water partition coefficient (Wildman–Crippen LogP) is 3.01. The molecule has 1 aliphatic heterocycles. The molecule has 1 saturated heterocycles. The minimum atomic E-state index is -0.0147. The third-order valence-corrected chi connectivity index (χ3v) is 4.46. The number of ether oxygens (including phenoxy) is 1. The zero-order valence-electron chi connectivity index (χ0n) is 15.3. The van der Waals surface area contributed by atoms with E-state index in [9.17, 15) is 4.79 Å². The van der Waals surface area contributed by atoms with Crippen LogP contribution in [0, 0.1) is 6.92 Å². The van der Waals surface area contributed by atoms with Gasteiger partial charge in [-0.2, -0.15) is 0 Å². The molecule has 1 atom stereocenters. The van der Waals surface area contributed by atoms with Crippen LogP contribution in [0.4, 0.5) is 11.6 Å². The van der Waals surface area contributed by atoms with E-state index in [0.717, 1.165) is 37.3 Å². The van der Waals surface area contributed by atoms with Crippen molar-refractivity contribution in [3.8, 4) is 0 Å². The number of nitrogens with zero attached hydrogens (tertiary/aromatic N) is 4. The number of piperidine rings is 1. The SMILES string of the molecule is COCCC(=O)N1CCCCC1c1cc(Nc2ccccn2)nc(C)n1. The van der Waals surface area contributed by atoms with E-state index in [0.29, 0.717) is 24.7 Å². The Balaban J connectivity index is 1.83. The van der Waals surface area contributed by atoms with Crippen molar-refractivity contribution >= 4 is 17.5 Å². The number of amides is 1. The lowest BCUT2D eigenvalue weighted by Gasteiger charge is -2.35. The van der Waals surface area contributed by atoms with E-state index in [1.165, 1.54) is 0 Å². The van der Waals surface area contributed by atoms with E-state index >= 15 is 0 Å². The van der Waals surface area contributed by atoms with E-state index in [4.69, 9.17) is 4.74 Å². The molecule has 7 nitrogen and oxygen atoms in total. The molecule has 0 spiro atoms. The number of nitrogens with one attached hydrogen (secondary N) is 1. The van der Waals surface area contributed by atoms with Gasteiger partial charge in [-0.1, -0.05) is 6.07 Å². The van der Waals surface area contributed by atoms with E-state index in [1.54, 1.807) is 13.3 Å². The Hall–Kier alpha value is -2.54. The maximum Gasteiger partial charge on any atom is 0.225 e. The number of carbonyl (C=O) groups is 1. The summed E-state index contributed by atoms with van der Waals surface area (Å²) in [5.41, 5.74) is 0.876. The quantitative estimate of drug-likeness (QED) is 0.858. The van der Waals surface area contributed by atoms with Gasteiger partial charge in [-0.3, -0.25) is 4.79 Å². The van der Waals surface area contributed by atoms with Crippen molar-refractivity contribution in [2.75, 3.05) is 25.6 Å². The minimum Gasteiger partial charge on any atom is -0.384 e. The molecule has 0 aromatic carbocycles. The molecule has 0 aliphatic carbocycles. The summed E-state index contributed by atoms with van der Waals surface area (Å²) >= 11 is 0. The van der Waals surface area contributed by atoms with Crippen molar-refractivity contribution in [2.45, 2.75) is 38.6 Å². The van der Waals surface area contributed by atoms with Gasteiger partial charge in [-0.25, -0.2) is 15.0 Å². The second-order valence-corrected chi connectivity index (χ2v) is 6.41. The predicted molar refractivity (Wildman–Crippen MR) is 99.1 cm³/mol. The van der Waals surface area contributed by atoms with E-state index < -0.39 is 0 Å². The Morgan fingerprint density at radius 2 is 2.19 bits per heavy atom. The van der Waals surface area contributed by atoms with Gasteiger partial charge in [0.2, 0.25) is 5.91 Å². The molecule has 26 heavy (non-hydrogen) atoms. The van der Waals surface area contributed by atoms with Crippen molar-refractivity contribution in [1.82, 2.24) is 19.9 Å². The van der Waals surface area contributed by atoms with Crippen molar-refractivity contribution in [3.05, 3.63) is 42.0 Å². The first-order chi connectivity index (χ1) is 12.7. The molecule has 1 N–H and O–H groups in total. The monoisotopic (exact) mass is 355 g/mol. The molecule has 138 valence electrons. The Bertz CT molecular complexity index is 738. The van der Waals surface area contributed by atoms with E-state index in [-0.39, 0.29) is 11.9 Å². The lowest BCUT2D eigenvalue weighted by molar-refractivity contribution is -0.136. The van der Waals surface area contributed by atoms with Crippen LogP contribution in [0.15, 0.2) is 30.5 Å². The Labute approximate surface area is 153 Å². The number of likely N-dealkylation sites (tertiary alicyclic amines) is 1. The van der Waals surface area contributed by atoms with Crippen LogP contribution < -0.4 is 5.32 Å². The molecule has 1 unspecified atom stereocenters. The van der Waals surface area contributed by atoms with Crippen LogP contribution in [0.2, 0.25) is 0 Å². The molecule has 3 rings (SSSR count). The molecule has 0 radical (unpaired) electrons. The number of anilines is 2. The highest BCUT2D eigenvalue weighted by molar-refractivity contribution is 5.77. The van der Waals surface area contributed by atoms with Gasteiger partial charge in [0.25, 0.3) is 0 Å². The molecule has 3 heterocycles. The average molecular weight is 355 g/mol. The summed E-state index contributed by atoms with van der Waals surface area (Å²) in [6, 6.07) is 7.58. The van der Waals surface area contributed by atoms with Crippen LogP contribution in [0.3, 0.4) is 0 Å². The second-order valence-electron chi connectivity index (χ2n) is 6.41. The molecule has 0 saturated carbocycles. The molecule has 1 aliphatic rings. The smallest absolute Gasteiger partial charge is 0.225 e. The number of hydrogen-bond donors (Lipinski definition) is 1. The summed E-state index contributed by atoms with van der Waals surface area (Å²) in [6.07, 6.45) is 5.16. The van der Waals surface area contributed by atoms with Gasteiger partial charge in [0.05, 0.1) is 24.8 Å². The zero-order valence-corrected chi connectivity index (χ0v) is 15.3. The number of rotatable bonds is 6. The summed E-state index contributed by atoms with van der Waals surface area (Å²) < 4.78 is 5.06. The standard InChI is InChI=1S/C19H25N5O2/c1-14-21-15(13-18(22-14)23-17-8-3-5-10-20-17)16-7-4-6-11-24(16)19(25)9-12-26-2/h3,5,8,10,13,16H,4,6-7,9,11-12H2,1-2H3,(H,20,21,22,23). The molecule has 1 fully saturated rings. The fourth-order valence-corrected chi connectivity index (χ4v) is 3.26.